The van der Waals surface area contributed by atoms with E-state index < -0.39 is 0 Å². The van der Waals surface area contributed by atoms with Gasteiger partial charge in [-0.25, -0.2) is 0 Å². The van der Waals surface area contributed by atoms with Crippen molar-refractivity contribution in [2.75, 3.05) is 19.7 Å². The molecule has 1 spiro atoms. The molecule has 2 heterocycles. The third kappa shape index (κ3) is 2.60. The highest BCUT2D eigenvalue weighted by Gasteiger charge is 2.48. The Bertz CT molecular complexity index is 414. The molecular weight excluding hydrogens is 266 g/mol. The van der Waals surface area contributed by atoms with Crippen LogP contribution in [-0.4, -0.2) is 30.7 Å². The number of rotatable bonds is 4. The molecule has 4 heteroatoms. The zero-order valence-corrected chi connectivity index (χ0v) is 12.4. The summed E-state index contributed by atoms with van der Waals surface area (Å²) in [4.78, 5) is 3.96. The van der Waals surface area contributed by atoms with Gasteiger partial charge in [0.05, 0.1) is 11.1 Å². The maximum atomic E-state index is 5.97. The van der Waals surface area contributed by atoms with E-state index in [0.717, 1.165) is 18.2 Å². The fourth-order valence-corrected chi connectivity index (χ4v) is 4.53. The lowest BCUT2D eigenvalue weighted by Crippen LogP contribution is -2.44. The Morgan fingerprint density at radius 1 is 1.56 bits per heavy atom. The van der Waals surface area contributed by atoms with E-state index in [1.165, 1.54) is 37.2 Å². The number of nitrogens with zero attached hydrogens (tertiary/aromatic N) is 1. The van der Waals surface area contributed by atoms with Crippen LogP contribution in [0.3, 0.4) is 0 Å². The molecule has 1 aliphatic heterocycles. The molecule has 2 nitrogen and oxygen atoms in total. The maximum absolute atomic E-state index is 5.97. The summed E-state index contributed by atoms with van der Waals surface area (Å²) in [6, 6.07) is 2.10. The molecule has 0 atom stereocenters. The summed E-state index contributed by atoms with van der Waals surface area (Å²) >= 11 is 7.74. The van der Waals surface area contributed by atoms with Gasteiger partial charge in [-0.05, 0) is 44.2 Å². The molecule has 2 aliphatic rings. The highest BCUT2D eigenvalue weighted by molar-refractivity contribution is 7.10. The first-order chi connectivity index (χ1) is 8.69. The van der Waals surface area contributed by atoms with E-state index in [4.69, 9.17) is 16.3 Å². The van der Waals surface area contributed by atoms with Crippen LogP contribution in [0.5, 0.6) is 0 Å². The predicted octanol–water partition coefficient (Wildman–Crippen LogP) is 3.79. The van der Waals surface area contributed by atoms with Crippen molar-refractivity contribution >= 4 is 22.9 Å². The second-order valence-electron chi connectivity index (χ2n) is 5.68. The van der Waals surface area contributed by atoms with Crippen molar-refractivity contribution in [3.63, 3.8) is 0 Å². The van der Waals surface area contributed by atoms with E-state index in [2.05, 4.69) is 17.9 Å². The minimum atomic E-state index is 0.533. The van der Waals surface area contributed by atoms with Crippen LogP contribution in [0.1, 0.15) is 31.1 Å². The number of hydrogen-bond donors (Lipinski definition) is 0. The van der Waals surface area contributed by atoms with Crippen molar-refractivity contribution in [2.24, 2.45) is 5.41 Å². The Labute approximate surface area is 118 Å². The molecule has 0 aromatic carbocycles. The highest BCUT2D eigenvalue weighted by Crippen LogP contribution is 2.49. The lowest BCUT2D eigenvalue weighted by molar-refractivity contribution is -0.0718. The minimum Gasteiger partial charge on any atom is -0.378 e. The van der Waals surface area contributed by atoms with Gasteiger partial charge in [-0.15, -0.1) is 11.3 Å². The smallest absolute Gasteiger partial charge is 0.0586 e. The Hall–Kier alpha value is -0.0900. The lowest BCUT2D eigenvalue weighted by Gasteiger charge is -2.44. The van der Waals surface area contributed by atoms with Gasteiger partial charge in [0.1, 0.15) is 0 Å². The summed E-state index contributed by atoms with van der Waals surface area (Å²) in [6.45, 7) is 6.49. The van der Waals surface area contributed by atoms with Gasteiger partial charge in [-0.2, -0.15) is 0 Å². The Morgan fingerprint density at radius 2 is 2.39 bits per heavy atom. The molecule has 0 bridgehead atoms. The van der Waals surface area contributed by atoms with E-state index in [0.29, 0.717) is 11.5 Å². The summed E-state index contributed by atoms with van der Waals surface area (Å²) in [6.07, 6.45) is 4.41. The van der Waals surface area contributed by atoms with Gasteiger partial charge >= 0.3 is 0 Å². The summed E-state index contributed by atoms with van der Waals surface area (Å²) in [5.74, 6) is 0. The summed E-state index contributed by atoms with van der Waals surface area (Å²) < 4.78 is 5.69. The van der Waals surface area contributed by atoms with Crippen LogP contribution in [0.25, 0.3) is 0 Å². The van der Waals surface area contributed by atoms with Crippen molar-refractivity contribution in [3.05, 3.63) is 21.3 Å². The summed E-state index contributed by atoms with van der Waals surface area (Å²) in [5.41, 5.74) is 0.570. The number of ether oxygens (including phenoxy) is 1. The van der Waals surface area contributed by atoms with Crippen molar-refractivity contribution < 1.29 is 4.74 Å². The number of likely N-dealkylation sites (tertiary alicyclic amines) is 1. The zero-order chi connectivity index (χ0) is 12.6. The van der Waals surface area contributed by atoms with Crippen LogP contribution in [0.15, 0.2) is 11.4 Å². The van der Waals surface area contributed by atoms with Crippen molar-refractivity contribution in [1.82, 2.24) is 4.90 Å². The van der Waals surface area contributed by atoms with Crippen molar-refractivity contribution in [2.45, 2.75) is 38.8 Å². The quantitative estimate of drug-likeness (QED) is 0.834. The van der Waals surface area contributed by atoms with Crippen LogP contribution in [-0.2, 0) is 11.3 Å². The molecule has 1 aliphatic carbocycles. The molecular formula is C14H20ClNOS. The molecule has 1 saturated heterocycles. The second kappa shape index (κ2) is 5.12. The summed E-state index contributed by atoms with van der Waals surface area (Å²) in [7, 11) is 0. The molecule has 1 saturated carbocycles. The molecule has 100 valence electrons. The Morgan fingerprint density at radius 3 is 3.06 bits per heavy atom. The van der Waals surface area contributed by atoms with E-state index in [-0.39, 0.29) is 0 Å². The third-order valence-corrected chi connectivity index (χ3v) is 5.51. The topological polar surface area (TPSA) is 12.5 Å². The lowest BCUT2D eigenvalue weighted by atomic mass is 9.66. The number of thiophene rings is 1. The van der Waals surface area contributed by atoms with E-state index in [1.54, 1.807) is 11.3 Å². The van der Waals surface area contributed by atoms with Gasteiger partial charge in [-0.3, -0.25) is 4.90 Å². The molecule has 18 heavy (non-hydrogen) atoms. The molecule has 1 aromatic heterocycles. The van der Waals surface area contributed by atoms with Crippen LogP contribution >= 0.6 is 22.9 Å². The monoisotopic (exact) mass is 285 g/mol. The first kappa shape index (κ1) is 12.9. The fraction of sp³-hybridized carbons (Fsp3) is 0.714. The van der Waals surface area contributed by atoms with Crippen molar-refractivity contribution in [1.29, 1.82) is 0 Å². The number of halogens is 1. The molecule has 2 fully saturated rings. The normalized spacial score (nSPS) is 32.0. The Kier molecular flexibility index (Phi) is 3.68. The van der Waals surface area contributed by atoms with Gasteiger partial charge in [0.15, 0.2) is 0 Å². The molecule has 0 unspecified atom stereocenters. The molecule has 0 N–H and O–H groups in total. The molecule has 0 amide bonds. The standard InChI is InChI=1S/C14H20ClNOS/c1-2-17-12-6-14(7-12)3-4-16(10-14)8-13-5-11(15)9-18-13/h5,9,12H,2-4,6-8,10H2,1H3. The van der Waals surface area contributed by atoms with Crippen molar-refractivity contribution in [3.8, 4) is 0 Å². The van der Waals surface area contributed by atoms with E-state index >= 15 is 0 Å². The second-order valence-corrected chi connectivity index (χ2v) is 7.11. The largest absolute Gasteiger partial charge is 0.378 e. The van der Waals surface area contributed by atoms with Gasteiger partial charge in [-0.1, -0.05) is 11.6 Å². The first-order valence-corrected chi connectivity index (χ1v) is 8.02. The van der Waals surface area contributed by atoms with Crippen LogP contribution in [0.4, 0.5) is 0 Å². The van der Waals surface area contributed by atoms with E-state index in [9.17, 15) is 0 Å². The molecule has 3 rings (SSSR count). The van der Waals surface area contributed by atoms with Crippen LogP contribution in [0, 0.1) is 5.41 Å². The first-order valence-electron chi connectivity index (χ1n) is 6.76. The fourth-order valence-electron chi connectivity index (χ4n) is 3.41. The van der Waals surface area contributed by atoms with Gasteiger partial charge in [0.25, 0.3) is 0 Å². The zero-order valence-electron chi connectivity index (χ0n) is 10.8. The minimum absolute atomic E-state index is 0.533. The van der Waals surface area contributed by atoms with Gasteiger partial charge < -0.3 is 4.74 Å². The summed E-state index contributed by atoms with van der Waals surface area (Å²) in [5, 5.41) is 2.90. The van der Waals surface area contributed by atoms with Gasteiger partial charge in [0.2, 0.25) is 0 Å². The van der Waals surface area contributed by atoms with Gasteiger partial charge in [0, 0.05) is 30.0 Å². The number of hydrogen-bond acceptors (Lipinski definition) is 3. The Balaban J connectivity index is 1.50. The molecule has 0 radical (unpaired) electrons. The highest BCUT2D eigenvalue weighted by atomic mass is 35.5. The molecule has 1 aromatic rings. The average molecular weight is 286 g/mol. The van der Waals surface area contributed by atoms with E-state index in [1.807, 2.05) is 5.38 Å². The van der Waals surface area contributed by atoms with Crippen LogP contribution in [0.2, 0.25) is 5.02 Å². The average Bonchev–Trinajstić information content (AvgIpc) is 2.86. The predicted molar refractivity (Wildman–Crippen MR) is 76.3 cm³/mol. The maximum Gasteiger partial charge on any atom is 0.0586 e. The van der Waals surface area contributed by atoms with Crippen LogP contribution < -0.4 is 0 Å². The SMILES string of the molecule is CCOC1CC2(CCN(Cc3cc(Cl)cs3)C2)C1. The third-order valence-electron chi connectivity index (χ3n) is 4.24.